The first-order valence-electron chi connectivity index (χ1n) is 5.07. The number of aromatic hydroxyl groups is 1. The van der Waals surface area contributed by atoms with E-state index < -0.39 is 31.4 Å². The van der Waals surface area contributed by atoms with Crippen LogP contribution in [0.3, 0.4) is 0 Å². The smallest absolute Gasteiger partial charge is 0.233 e. The summed E-state index contributed by atoms with van der Waals surface area (Å²) in [5.74, 6) is -1.20. The van der Waals surface area contributed by atoms with Gasteiger partial charge < -0.3 is 5.11 Å². The first-order valence-corrected chi connectivity index (χ1v) is 8.78. The summed E-state index contributed by atoms with van der Waals surface area (Å²) < 4.78 is 47.1. The van der Waals surface area contributed by atoms with Crippen molar-refractivity contribution in [1.29, 1.82) is 0 Å². The van der Waals surface area contributed by atoms with E-state index in [4.69, 9.17) is 0 Å². The zero-order chi connectivity index (χ0) is 14.0. The van der Waals surface area contributed by atoms with E-state index >= 15 is 0 Å². The molecular formula is C10H15NO5S2. The monoisotopic (exact) mass is 293 g/mol. The highest BCUT2D eigenvalue weighted by Crippen LogP contribution is 2.24. The molecule has 0 unspecified atom stereocenters. The molecule has 1 aromatic rings. The number of anilines is 1. The lowest BCUT2D eigenvalue weighted by atomic mass is 10.2. The Hall–Kier alpha value is -1.28. The predicted molar refractivity (Wildman–Crippen MR) is 70.0 cm³/mol. The summed E-state index contributed by atoms with van der Waals surface area (Å²) in [4.78, 5) is 0. The number of phenols is 1. The Morgan fingerprint density at radius 3 is 2.28 bits per heavy atom. The van der Waals surface area contributed by atoms with Gasteiger partial charge in [-0.2, -0.15) is 0 Å². The van der Waals surface area contributed by atoms with Crippen molar-refractivity contribution in [2.45, 2.75) is 6.92 Å². The molecule has 0 fully saturated rings. The maximum absolute atomic E-state index is 11.6. The van der Waals surface area contributed by atoms with Gasteiger partial charge >= 0.3 is 0 Å². The minimum atomic E-state index is -3.79. The van der Waals surface area contributed by atoms with Gasteiger partial charge in [-0.05, 0) is 24.6 Å². The highest BCUT2D eigenvalue weighted by atomic mass is 32.2. The van der Waals surface area contributed by atoms with Gasteiger partial charge in [-0.25, -0.2) is 16.8 Å². The van der Waals surface area contributed by atoms with Crippen LogP contribution in [0.4, 0.5) is 5.69 Å². The van der Waals surface area contributed by atoms with Crippen molar-refractivity contribution in [2.24, 2.45) is 0 Å². The van der Waals surface area contributed by atoms with Crippen LogP contribution >= 0.6 is 0 Å². The summed E-state index contributed by atoms with van der Waals surface area (Å²) in [7, 11) is -7.14. The van der Waals surface area contributed by atoms with Gasteiger partial charge in [0.2, 0.25) is 10.0 Å². The fourth-order valence-corrected chi connectivity index (χ4v) is 3.91. The molecule has 2 N–H and O–H groups in total. The molecule has 102 valence electrons. The number of benzene rings is 1. The van der Waals surface area contributed by atoms with Crippen molar-refractivity contribution >= 4 is 25.5 Å². The molecule has 0 saturated carbocycles. The largest absolute Gasteiger partial charge is 0.506 e. The van der Waals surface area contributed by atoms with Gasteiger partial charge in [0.1, 0.15) is 15.6 Å². The zero-order valence-corrected chi connectivity index (χ0v) is 11.7. The lowest BCUT2D eigenvalue weighted by Gasteiger charge is -2.09. The molecule has 0 atom stereocenters. The van der Waals surface area contributed by atoms with E-state index in [-0.39, 0.29) is 11.4 Å². The van der Waals surface area contributed by atoms with Crippen LogP contribution in [0.1, 0.15) is 5.56 Å². The summed E-state index contributed by atoms with van der Waals surface area (Å²) in [5.41, 5.74) is 0.820. The molecule has 0 aliphatic heterocycles. The molecule has 8 heteroatoms. The maximum atomic E-state index is 11.6. The number of phenolic OH excluding ortho intramolecular Hbond substituents is 1. The van der Waals surface area contributed by atoms with E-state index in [9.17, 15) is 21.9 Å². The number of nitrogens with one attached hydrogen (secondary N) is 1. The first-order chi connectivity index (χ1) is 8.09. The molecule has 0 bridgehead atoms. The van der Waals surface area contributed by atoms with Crippen LogP contribution in [0.15, 0.2) is 18.2 Å². The third-order valence-corrected chi connectivity index (χ3v) is 4.62. The molecule has 0 aliphatic rings. The third kappa shape index (κ3) is 4.92. The van der Waals surface area contributed by atoms with E-state index in [1.54, 1.807) is 13.0 Å². The predicted octanol–water partition coefficient (Wildman–Crippen LogP) is 0.487. The van der Waals surface area contributed by atoms with Gasteiger partial charge in [0.05, 0.1) is 17.2 Å². The van der Waals surface area contributed by atoms with Crippen LogP contribution in [0.5, 0.6) is 5.75 Å². The van der Waals surface area contributed by atoms with Gasteiger partial charge in [-0.15, -0.1) is 0 Å². The second-order valence-corrected chi connectivity index (χ2v) is 8.17. The fourth-order valence-electron chi connectivity index (χ4n) is 1.21. The third-order valence-electron chi connectivity index (χ3n) is 2.14. The lowest BCUT2D eigenvalue weighted by Crippen LogP contribution is -2.22. The molecule has 0 spiro atoms. The average molecular weight is 293 g/mol. The summed E-state index contributed by atoms with van der Waals surface area (Å²) >= 11 is 0. The molecule has 0 saturated heterocycles. The number of rotatable bonds is 5. The topological polar surface area (TPSA) is 101 Å². The molecule has 0 amide bonds. The first kappa shape index (κ1) is 14.8. The minimum absolute atomic E-state index is 0.0362. The van der Waals surface area contributed by atoms with Gasteiger partial charge in [-0.1, -0.05) is 6.07 Å². The highest BCUT2D eigenvalue weighted by Gasteiger charge is 2.16. The summed E-state index contributed by atoms with van der Waals surface area (Å²) in [6, 6.07) is 4.46. The number of hydrogen-bond donors (Lipinski definition) is 2. The second-order valence-electron chi connectivity index (χ2n) is 4.07. The van der Waals surface area contributed by atoms with E-state index in [1.807, 2.05) is 0 Å². The van der Waals surface area contributed by atoms with Crippen LogP contribution in [0.2, 0.25) is 0 Å². The number of aryl methyl sites for hydroxylation is 1. The number of sulfone groups is 1. The van der Waals surface area contributed by atoms with Crippen LogP contribution in [0, 0.1) is 6.92 Å². The van der Waals surface area contributed by atoms with Crippen molar-refractivity contribution in [2.75, 3.05) is 22.5 Å². The number of sulfonamides is 1. The summed E-state index contributed by atoms with van der Waals surface area (Å²) in [6.07, 6.45) is 0.964. The van der Waals surface area contributed by atoms with Crippen molar-refractivity contribution in [1.82, 2.24) is 0 Å². The van der Waals surface area contributed by atoms with Crippen LogP contribution in [0.25, 0.3) is 0 Å². The number of hydrogen-bond acceptors (Lipinski definition) is 5. The van der Waals surface area contributed by atoms with E-state index in [2.05, 4.69) is 4.72 Å². The van der Waals surface area contributed by atoms with Crippen LogP contribution in [-0.2, 0) is 19.9 Å². The Morgan fingerprint density at radius 2 is 1.78 bits per heavy atom. The van der Waals surface area contributed by atoms with Gasteiger partial charge in [-0.3, -0.25) is 4.72 Å². The average Bonchev–Trinajstić information content (AvgIpc) is 2.19. The minimum Gasteiger partial charge on any atom is -0.506 e. The molecule has 6 nitrogen and oxygen atoms in total. The van der Waals surface area contributed by atoms with E-state index in [0.717, 1.165) is 11.8 Å². The van der Waals surface area contributed by atoms with Gasteiger partial charge in [0, 0.05) is 6.26 Å². The molecular weight excluding hydrogens is 278 g/mol. The van der Waals surface area contributed by atoms with Gasteiger partial charge in [0.25, 0.3) is 0 Å². The fraction of sp³-hybridized carbons (Fsp3) is 0.400. The zero-order valence-electron chi connectivity index (χ0n) is 10.0. The normalized spacial score (nSPS) is 12.3. The molecule has 0 radical (unpaired) electrons. The molecule has 0 aromatic heterocycles. The Labute approximate surface area is 107 Å². The lowest BCUT2D eigenvalue weighted by molar-refractivity contribution is 0.477. The Kier molecular flexibility index (Phi) is 4.23. The van der Waals surface area contributed by atoms with E-state index in [1.165, 1.54) is 12.1 Å². The van der Waals surface area contributed by atoms with E-state index in [0.29, 0.717) is 0 Å². The quantitative estimate of drug-likeness (QED) is 0.769. The Bertz CT molecular complexity index is 634. The molecule has 0 heterocycles. The Morgan fingerprint density at radius 1 is 1.17 bits per heavy atom. The molecule has 1 rings (SSSR count). The Balaban J connectivity index is 2.83. The van der Waals surface area contributed by atoms with Crippen molar-refractivity contribution in [3.63, 3.8) is 0 Å². The molecule has 1 aromatic carbocycles. The summed E-state index contributed by atoms with van der Waals surface area (Å²) in [6.45, 7) is 1.75. The van der Waals surface area contributed by atoms with Crippen molar-refractivity contribution in [3.05, 3.63) is 23.8 Å². The SMILES string of the molecule is Cc1ccc(NS(=O)(=O)CCS(C)(=O)=O)c(O)c1. The van der Waals surface area contributed by atoms with Crippen molar-refractivity contribution in [3.8, 4) is 5.75 Å². The van der Waals surface area contributed by atoms with Crippen LogP contribution < -0.4 is 4.72 Å². The standard InChI is InChI=1S/C10H15NO5S2/c1-8-3-4-9(10(12)7-8)11-18(15,16)6-5-17(2,13)14/h3-4,7,11-12H,5-6H2,1-2H3. The van der Waals surface area contributed by atoms with Crippen LogP contribution in [-0.4, -0.2) is 39.7 Å². The molecule has 0 aliphatic carbocycles. The highest BCUT2D eigenvalue weighted by molar-refractivity contribution is 7.95. The molecule has 18 heavy (non-hydrogen) atoms. The maximum Gasteiger partial charge on any atom is 0.233 e. The van der Waals surface area contributed by atoms with Crippen molar-refractivity contribution < 1.29 is 21.9 Å². The summed E-state index contributed by atoms with van der Waals surface area (Å²) in [5, 5.41) is 9.54. The van der Waals surface area contributed by atoms with Gasteiger partial charge in [0.15, 0.2) is 0 Å². The second kappa shape index (κ2) is 5.15.